The summed E-state index contributed by atoms with van der Waals surface area (Å²) in [7, 11) is 0. The normalized spacial score (nSPS) is 12.7. The van der Waals surface area contributed by atoms with Crippen LogP contribution in [0.25, 0.3) is 0 Å². The first-order valence-corrected chi connectivity index (χ1v) is 33.7. The standard InChI is InChI=1S/C73H126O6/c1-4-7-10-13-16-19-22-25-27-28-29-30-31-32-33-34-35-36-37-38-39-40-41-42-43-44-46-48-51-54-57-60-63-66-72(75)78-69-70(68-77-71(74)65-62-59-56-53-50-47-24-21-18-15-12-9-6-3)79-73(76)67-64-61-58-55-52-49-45-26-23-20-17-14-11-8-5-2/h9,12,17-18,20-22,25-26,28-29,45,47,50,56,59,70H,4-8,10-11,13-16,19,23-24,27,30-44,46,48-49,51-55,57-58,60-69H2,1-3H3/b12-9-,20-17-,21-18-,25-22-,29-28-,45-26-,50-47-,59-56-. The first kappa shape index (κ1) is 75.3. The Morgan fingerprint density at radius 1 is 0.266 bits per heavy atom. The van der Waals surface area contributed by atoms with Crippen LogP contribution in [-0.2, 0) is 28.6 Å². The molecule has 0 aromatic rings. The van der Waals surface area contributed by atoms with Gasteiger partial charge >= 0.3 is 17.9 Å². The Hall–Kier alpha value is -3.67. The van der Waals surface area contributed by atoms with Gasteiger partial charge in [0.1, 0.15) is 13.2 Å². The molecule has 79 heavy (non-hydrogen) atoms. The van der Waals surface area contributed by atoms with Gasteiger partial charge in [-0.15, -0.1) is 0 Å². The summed E-state index contributed by atoms with van der Waals surface area (Å²) in [5, 5.41) is 0. The van der Waals surface area contributed by atoms with E-state index in [4.69, 9.17) is 14.2 Å². The molecule has 454 valence electrons. The topological polar surface area (TPSA) is 78.9 Å². The van der Waals surface area contributed by atoms with Crippen molar-refractivity contribution in [3.05, 3.63) is 97.2 Å². The second-order valence-electron chi connectivity index (χ2n) is 22.3. The molecule has 6 heteroatoms. The van der Waals surface area contributed by atoms with Crippen LogP contribution in [0.15, 0.2) is 97.2 Å². The Morgan fingerprint density at radius 2 is 0.519 bits per heavy atom. The van der Waals surface area contributed by atoms with Crippen LogP contribution in [0.2, 0.25) is 0 Å². The Morgan fingerprint density at radius 3 is 0.873 bits per heavy atom. The van der Waals surface area contributed by atoms with Crippen LogP contribution in [0.5, 0.6) is 0 Å². The van der Waals surface area contributed by atoms with E-state index >= 15 is 0 Å². The minimum Gasteiger partial charge on any atom is -0.462 e. The molecular formula is C73H126O6. The van der Waals surface area contributed by atoms with Gasteiger partial charge in [0.25, 0.3) is 0 Å². The molecule has 0 aliphatic rings. The highest BCUT2D eigenvalue weighted by Crippen LogP contribution is 2.17. The number of ether oxygens (including phenoxy) is 3. The van der Waals surface area contributed by atoms with Gasteiger partial charge in [0, 0.05) is 19.3 Å². The van der Waals surface area contributed by atoms with Crippen LogP contribution >= 0.6 is 0 Å². The lowest BCUT2D eigenvalue weighted by Crippen LogP contribution is -2.30. The Kier molecular flexibility index (Phi) is 63.7. The van der Waals surface area contributed by atoms with Gasteiger partial charge in [0.05, 0.1) is 0 Å². The molecule has 0 aliphatic carbocycles. The third kappa shape index (κ3) is 65.0. The second-order valence-corrected chi connectivity index (χ2v) is 22.3. The number of hydrogen-bond donors (Lipinski definition) is 0. The summed E-state index contributed by atoms with van der Waals surface area (Å²) >= 11 is 0. The van der Waals surface area contributed by atoms with Gasteiger partial charge < -0.3 is 14.2 Å². The van der Waals surface area contributed by atoms with E-state index in [1.54, 1.807) is 0 Å². The fraction of sp³-hybridized carbons (Fsp3) is 0.740. The summed E-state index contributed by atoms with van der Waals surface area (Å²) in [6.45, 7) is 6.44. The monoisotopic (exact) mass is 1100 g/mol. The van der Waals surface area contributed by atoms with Crippen LogP contribution in [0, 0.1) is 0 Å². The minimum atomic E-state index is -0.813. The summed E-state index contributed by atoms with van der Waals surface area (Å²) in [5.41, 5.74) is 0. The SMILES string of the molecule is CC/C=C\C/C=C\C/C=C\C/C=C\CCC(=O)OCC(COC(=O)CCCCCCCCCCCCCCCCCCCCCCC/C=C\C/C=C\CCCCCCC)OC(=O)CCCCCCC/C=C\C/C=C\CCCCC. The molecule has 0 aromatic carbocycles. The van der Waals surface area contributed by atoms with Crippen LogP contribution in [-0.4, -0.2) is 37.2 Å². The van der Waals surface area contributed by atoms with E-state index < -0.39 is 6.10 Å². The minimum absolute atomic E-state index is 0.103. The van der Waals surface area contributed by atoms with Crippen LogP contribution in [0.3, 0.4) is 0 Å². The van der Waals surface area contributed by atoms with E-state index in [2.05, 4.69) is 112 Å². The van der Waals surface area contributed by atoms with E-state index in [1.165, 1.54) is 186 Å². The van der Waals surface area contributed by atoms with Crippen molar-refractivity contribution in [1.29, 1.82) is 0 Å². The first-order valence-electron chi connectivity index (χ1n) is 33.7. The number of esters is 3. The molecular weight excluding hydrogens is 973 g/mol. The molecule has 6 nitrogen and oxygen atoms in total. The van der Waals surface area contributed by atoms with Gasteiger partial charge in [-0.2, -0.15) is 0 Å². The lowest BCUT2D eigenvalue weighted by molar-refractivity contribution is -0.166. The van der Waals surface area contributed by atoms with Crippen LogP contribution in [0.4, 0.5) is 0 Å². The predicted octanol–water partition coefficient (Wildman–Crippen LogP) is 23.2. The zero-order valence-corrected chi connectivity index (χ0v) is 52.1. The summed E-state index contributed by atoms with van der Waals surface area (Å²) in [6.07, 6.45) is 90.4. The summed E-state index contributed by atoms with van der Waals surface area (Å²) in [5.74, 6) is -0.992. The Balaban J connectivity index is 4.16. The van der Waals surface area contributed by atoms with Gasteiger partial charge in [-0.05, 0) is 109 Å². The highest BCUT2D eigenvalue weighted by Gasteiger charge is 2.19. The maximum Gasteiger partial charge on any atom is 0.306 e. The lowest BCUT2D eigenvalue weighted by Gasteiger charge is -2.18. The third-order valence-electron chi connectivity index (χ3n) is 14.6. The number of allylic oxidation sites excluding steroid dienone is 16. The van der Waals surface area contributed by atoms with E-state index in [0.29, 0.717) is 19.3 Å². The van der Waals surface area contributed by atoms with Crippen molar-refractivity contribution in [2.75, 3.05) is 13.2 Å². The second kappa shape index (κ2) is 66.8. The number of unbranched alkanes of at least 4 members (excludes halogenated alkanes) is 34. The van der Waals surface area contributed by atoms with Gasteiger partial charge in [0.2, 0.25) is 0 Å². The average Bonchev–Trinajstić information content (AvgIpc) is 3.45. The van der Waals surface area contributed by atoms with Crippen molar-refractivity contribution in [3.8, 4) is 0 Å². The molecule has 0 fully saturated rings. The molecule has 0 radical (unpaired) electrons. The number of hydrogen-bond acceptors (Lipinski definition) is 6. The highest BCUT2D eigenvalue weighted by atomic mass is 16.6. The van der Waals surface area contributed by atoms with Crippen LogP contribution < -0.4 is 0 Å². The van der Waals surface area contributed by atoms with Crippen molar-refractivity contribution in [2.24, 2.45) is 0 Å². The molecule has 0 saturated heterocycles. The fourth-order valence-electron chi connectivity index (χ4n) is 9.52. The van der Waals surface area contributed by atoms with Gasteiger partial charge in [-0.3, -0.25) is 14.4 Å². The number of carbonyl (C=O) groups is 3. The third-order valence-corrected chi connectivity index (χ3v) is 14.6. The van der Waals surface area contributed by atoms with Crippen molar-refractivity contribution < 1.29 is 28.6 Å². The molecule has 0 bridgehead atoms. The van der Waals surface area contributed by atoms with Crippen LogP contribution in [0.1, 0.15) is 329 Å². The zero-order chi connectivity index (χ0) is 57.1. The highest BCUT2D eigenvalue weighted by molar-refractivity contribution is 5.71. The molecule has 0 aliphatic heterocycles. The molecule has 0 rings (SSSR count). The first-order chi connectivity index (χ1) is 39.0. The van der Waals surface area contributed by atoms with E-state index in [-0.39, 0.29) is 37.5 Å². The van der Waals surface area contributed by atoms with Crippen molar-refractivity contribution in [3.63, 3.8) is 0 Å². The summed E-state index contributed by atoms with van der Waals surface area (Å²) < 4.78 is 16.8. The van der Waals surface area contributed by atoms with Gasteiger partial charge in [-0.1, -0.05) is 298 Å². The van der Waals surface area contributed by atoms with Gasteiger partial charge in [0.15, 0.2) is 6.10 Å². The molecule has 1 atom stereocenters. The fourth-order valence-corrected chi connectivity index (χ4v) is 9.52. The smallest absolute Gasteiger partial charge is 0.306 e. The molecule has 0 saturated carbocycles. The molecule has 0 spiro atoms. The quantitative estimate of drug-likeness (QED) is 0.0261. The molecule has 1 unspecified atom stereocenters. The van der Waals surface area contributed by atoms with Crippen molar-refractivity contribution in [2.45, 2.75) is 335 Å². The zero-order valence-electron chi connectivity index (χ0n) is 52.1. The molecule has 0 heterocycles. The maximum absolute atomic E-state index is 12.9. The van der Waals surface area contributed by atoms with Crippen molar-refractivity contribution >= 4 is 17.9 Å². The summed E-state index contributed by atoms with van der Waals surface area (Å²) in [6, 6.07) is 0. The Labute approximate surface area is 489 Å². The maximum atomic E-state index is 12.9. The number of rotatable bonds is 61. The Bertz CT molecular complexity index is 1540. The molecule has 0 aromatic heterocycles. The predicted molar refractivity (Wildman–Crippen MR) is 344 cm³/mol. The summed E-state index contributed by atoms with van der Waals surface area (Å²) in [4.78, 5) is 38.2. The number of carbonyl (C=O) groups excluding carboxylic acids is 3. The van der Waals surface area contributed by atoms with E-state index in [1.807, 2.05) is 6.08 Å². The largest absolute Gasteiger partial charge is 0.462 e. The van der Waals surface area contributed by atoms with Crippen molar-refractivity contribution in [1.82, 2.24) is 0 Å². The van der Waals surface area contributed by atoms with E-state index in [9.17, 15) is 14.4 Å². The average molecular weight is 1100 g/mol. The molecule has 0 N–H and O–H groups in total. The van der Waals surface area contributed by atoms with E-state index in [0.717, 1.165) is 96.3 Å². The lowest BCUT2D eigenvalue weighted by atomic mass is 10.0. The van der Waals surface area contributed by atoms with Gasteiger partial charge in [-0.25, -0.2) is 0 Å². The molecule has 0 amide bonds.